The number of aliphatic hydroxyl groups is 1. The Morgan fingerprint density at radius 1 is 0.773 bits per heavy atom. The lowest BCUT2D eigenvalue weighted by Gasteiger charge is -2.42. The van der Waals surface area contributed by atoms with E-state index in [1.807, 2.05) is 0 Å². The molecule has 1 N–H and O–H groups in total. The molecule has 0 heterocycles. The summed E-state index contributed by atoms with van der Waals surface area (Å²) in [5.41, 5.74) is -7.72. The highest BCUT2D eigenvalue weighted by Crippen LogP contribution is 2.65. The molecule has 0 amide bonds. The van der Waals surface area contributed by atoms with Crippen LogP contribution in [-0.2, 0) is 0 Å². The van der Waals surface area contributed by atoms with Crippen LogP contribution in [0, 0.1) is 12.3 Å². The van der Waals surface area contributed by atoms with Crippen LogP contribution in [0.3, 0.4) is 0 Å². The summed E-state index contributed by atoms with van der Waals surface area (Å²) >= 11 is 0. The first kappa shape index (κ1) is 18.6. The lowest BCUT2D eigenvalue weighted by Crippen LogP contribution is -2.62. The van der Waals surface area contributed by atoms with Gasteiger partial charge in [0.1, 0.15) is 6.10 Å². The van der Waals surface area contributed by atoms with Gasteiger partial charge in [0.05, 0.1) is 0 Å². The molecule has 1 nitrogen and oxygen atoms in total. The van der Waals surface area contributed by atoms with Crippen molar-refractivity contribution in [2.75, 3.05) is 0 Å². The molecular weight excluding hydrogens is 331 g/mol. The fraction of sp³-hybridized carbons (Fsp3) is 0.500. The second-order valence-corrected chi connectivity index (χ2v) is 4.56. The Labute approximate surface area is 118 Å². The lowest BCUT2D eigenvalue weighted by atomic mass is 9.75. The summed E-state index contributed by atoms with van der Waals surface area (Å²) in [5.74, 6) is 0. The monoisotopic (exact) mass is 340 g/mol. The third kappa shape index (κ3) is 2.64. The summed E-state index contributed by atoms with van der Waals surface area (Å²) in [6.45, 7) is 0.992. The van der Waals surface area contributed by atoms with E-state index in [1.165, 1.54) is 6.07 Å². The van der Waals surface area contributed by atoms with Crippen molar-refractivity contribution in [2.24, 2.45) is 5.41 Å². The average molecular weight is 340 g/mol. The normalized spacial score (nSPS) is 15.8. The topological polar surface area (TPSA) is 20.2 Å². The summed E-state index contributed by atoms with van der Waals surface area (Å²) < 4.78 is 116. The van der Waals surface area contributed by atoms with Crippen molar-refractivity contribution in [2.45, 2.75) is 31.6 Å². The zero-order valence-corrected chi connectivity index (χ0v) is 10.7. The van der Waals surface area contributed by atoms with Crippen molar-refractivity contribution in [1.29, 1.82) is 0 Å². The van der Waals surface area contributed by atoms with Gasteiger partial charge in [-0.2, -0.15) is 39.5 Å². The molecule has 0 aliphatic heterocycles. The van der Waals surface area contributed by atoms with E-state index in [0.717, 1.165) is 19.1 Å². The van der Waals surface area contributed by atoms with Crippen LogP contribution < -0.4 is 0 Å². The smallest absolute Gasteiger partial charge is 0.387 e. The maximum absolute atomic E-state index is 12.8. The van der Waals surface area contributed by atoms with E-state index in [4.69, 9.17) is 0 Å². The first-order valence-electron chi connectivity index (χ1n) is 5.61. The molecule has 0 spiro atoms. The molecule has 1 aromatic rings. The molecule has 0 aromatic heterocycles. The molecule has 0 radical (unpaired) electrons. The first-order chi connectivity index (χ1) is 9.68. The molecule has 0 saturated heterocycles. The third-order valence-electron chi connectivity index (χ3n) is 3.23. The highest BCUT2D eigenvalue weighted by molar-refractivity contribution is 5.31. The van der Waals surface area contributed by atoms with Gasteiger partial charge >= 0.3 is 18.5 Å². The Kier molecular flexibility index (Phi) is 4.50. The number of halogens is 9. The number of hydrogen-bond acceptors (Lipinski definition) is 1. The summed E-state index contributed by atoms with van der Waals surface area (Å²) in [4.78, 5) is 0. The molecule has 0 saturated carbocycles. The van der Waals surface area contributed by atoms with Crippen LogP contribution in [0.2, 0.25) is 0 Å². The fourth-order valence-corrected chi connectivity index (χ4v) is 2.07. The van der Waals surface area contributed by atoms with Crippen LogP contribution in [0.1, 0.15) is 17.2 Å². The summed E-state index contributed by atoms with van der Waals surface area (Å²) in [5, 5.41) is 9.46. The third-order valence-corrected chi connectivity index (χ3v) is 3.23. The molecule has 1 rings (SSSR count). The predicted octanol–water partition coefficient (Wildman–Crippen LogP) is 4.70. The van der Waals surface area contributed by atoms with E-state index in [1.54, 1.807) is 0 Å². The number of aliphatic hydroxyl groups excluding tert-OH is 1. The van der Waals surface area contributed by atoms with Gasteiger partial charge in [0, 0.05) is 0 Å². The van der Waals surface area contributed by atoms with Gasteiger partial charge in [0.25, 0.3) is 5.41 Å². The Morgan fingerprint density at radius 2 is 1.14 bits per heavy atom. The minimum Gasteiger partial charge on any atom is -0.387 e. The van der Waals surface area contributed by atoms with Crippen molar-refractivity contribution in [3.05, 3.63) is 35.4 Å². The van der Waals surface area contributed by atoms with Crippen molar-refractivity contribution < 1.29 is 44.6 Å². The van der Waals surface area contributed by atoms with Crippen LogP contribution in [0.4, 0.5) is 39.5 Å². The molecule has 0 aliphatic rings. The molecule has 1 aromatic carbocycles. The summed E-state index contributed by atoms with van der Waals surface area (Å²) in [6.07, 6.45) is -24.3. The minimum absolute atomic E-state index is 0.336. The summed E-state index contributed by atoms with van der Waals surface area (Å²) in [7, 11) is 0. The molecule has 0 bridgehead atoms. The van der Waals surface area contributed by atoms with Crippen LogP contribution in [0.5, 0.6) is 0 Å². The van der Waals surface area contributed by atoms with Gasteiger partial charge in [-0.1, -0.05) is 24.3 Å². The van der Waals surface area contributed by atoms with Crippen molar-refractivity contribution in [1.82, 2.24) is 0 Å². The maximum atomic E-state index is 12.8. The number of aryl methyl sites for hydroxylation is 1. The molecular formula is C12H9F9O. The van der Waals surface area contributed by atoms with Gasteiger partial charge in [-0.3, -0.25) is 0 Å². The molecule has 22 heavy (non-hydrogen) atoms. The van der Waals surface area contributed by atoms with E-state index in [9.17, 15) is 44.6 Å². The average Bonchev–Trinajstić information content (AvgIpc) is 2.23. The van der Waals surface area contributed by atoms with Gasteiger partial charge in [-0.15, -0.1) is 0 Å². The Balaban J connectivity index is 3.75. The van der Waals surface area contributed by atoms with Crippen LogP contribution in [0.25, 0.3) is 0 Å². The Bertz CT molecular complexity index is 491. The number of benzene rings is 1. The van der Waals surface area contributed by atoms with E-state index >= 15 is 0 Å². The fourth-order valence-electron chi connectivity index (χ4n) is 2.07. The van der Waals surface area contributed by atoms with E-state index < -0.39 is 35.6 Å². The lowest BCUT2D eigenvalue weighted by molar-refractivity contribution is -0.449. The molecule has 0 fully saturated rings. The van der Waals surface area contributed by atoms with E-state index in [-0.39, 0.29) is 5.56 Å². The highest BCUT2D eigenvalue weighted by atomic mass is 19.4. The SMILES string of the molecule is Cc1ccccc1C(O)C(C(F)(F)F)(C(F)(F)F)C(F)(F)F. The Hall–Kier alpha value is -1.45. The van der Waals surface area contributed by atoms with Crippen molar-refractivity contribution in [3.8, 4) is 0 Å². The molecule has 126 valence electrons. The van der Waals surface area contributed by atoms with Crippen LogP contribution in [0.15, 0.2) is 24.3 Å². The van der Waals surface area contributed by atoms with E-state index in [0.29, 0.717) is 6.07 Å². The van der Waals surface area contributed by atoms with Gasteiger partial charge in [0.15, 0.2) is 0 Å². The number of rotatable bonds is 2. The van der Waals surface area contributed by atoms with Gasteiger partial charge in [0.2, 0.25) is 0 Å². The molecule has 1 unspecified atom stereocenters. The van der Waals surface area contributed by atoms with Gasteiger partial charge in [-0.25, -0.2) is 0 Å². The minimum atomic E-state index is -6.80. The van der Waals surface area contributed by atoms with Gasteiger partial charge in [-0.05, 0) is 18.1 Å². The summed E-state index contributed by atoms with van der Waals surface area (Å²) in [6, 6.07) is 3.70. The zero-order valence-electron chi connectivity index (χ0n) is 10.7. The Morgan fingerprint density at radius 3 is 1.45 bits per heavy atom. The van der Waals surface area contributed by atoms with Crippen molar-refractivity contribution >= 4 is 0 Å². The maximum Gasteiger partial charge on any atom is 0.415 e. The molecule has 0 aliphatic carbocycles. The second kappa shape index (κ2) is 5.32. The number of alkyl halides is 9. The molecule has 10 heteroatoms. The quantitative estimate of drug-likeness (QED) is 0.774. The highest BCUT2D eigenvalue weighted by Gasteiger charge is 2.86. The van der Waals surface area contributed by atoms with Crippen LogP contribution >= 0.6 is 0 Å². The number of hydrogen-bond donors (Lipinski definition) is 1. The first-order valence-corrected chi connectivity index (χ1v) is 5.61. The second-order valence-electron chi connectivity index (χ2n) is 4.56. The zero-order chi connectivity index (χ0) is 17.6. The van der Waals surface area contributed by atoms with Crippen LogP contribution in [-0.4, -0.2) is 23.6 Å². The van der Waals surface area contributed by atoms with Crippen molar-refractivity contribution in [3.63, 3.8) is 0 Å². The standard InChI is InChI=1S/C12H9F9O/c1-6-4-2-3-5-7(6)8(22)9(10(13,14)15,11(16,17)18)12(19,20)21/h2-5,8,22H,1H3. The predicted molar refractivity (Wildman–Crippen MR) is 56.7 cm³/mol. The van der Waals surface area contributed by atoms with Gasteiger partial charge < -0.3 is 5.11 Å². The van der Waals surface area contributed by atoms with E-state index in [2.05, 4.69) is 0 Å². The largest absolute Gasteiger partial charge is 0.415 e. The molecule has 1 atom stereocenters.